The van der Waals surface area contributed by atoms with Crippen LogP contribution in [0.5, 0.6) is 0 Å². The molecule has 0 amide bonds. The maximum absolute atomic E-state index is 10.2. The number of hydrogen-bond donors (Lipinski definition) is 1. The fourth-order valence-corrected chi connectivity index (χ4v) is 2.55. The summed E-state index contributed by atoms with van der Waals surface area (Å²) in [6.45, 7) is 0. The Labute approximate surface area is 124 Å². The van der Waals surface area contributed by atoms with Gasteiger partial charge in [-0.05, 0) is 35.4 Å². The second-order valence-corrected chi connectivity index (χ2v) is 5.55. The first-order chi connectivity index (χ1) is 8.58. The van der Waals surface area contributed by atoms with Crippen molar-refractivity contribution in [1.29, 1.82) is 0 Å². The fourth-order valence-electron chi connectivity index (χ4n) is 1.66. The highest BCUT2D eigenvalue weighted by Gasteiger charge is 2.14. The van der Waals surface area contributed by atoms with E-state index in [1.807, 2.05) is 6.07 Å². The van der Waals surface area contributed by atoms with Crippen molar-refractivity contribution in [3.63, 3.8) is 0 Å². The molecule has 0 saturated heterocycles. The molecule has 1 atom stereocenters. The van der Waals surface area contributed by atoms with E-state index in [-0.39, 0.29) is 0 Å². The van der Waals surface area contributed by atoms with Gasteiger partial charge < -0.3 is 5.11 Å². The van der Waals surface area contributed by atoms with Crippen molar-refractivity contribution >= 4 is 39.1 Å². The molecule has 2 rings (SSSR count). The third kappa shape index (κ3) is 3.23. The summed E-state index contributed by atoms with van der Waals surface area (Å²) >= 11 is 15.3. The summed E-state index contributed by atoms with van der Waals surface area (Å²) in [4.78, 5) is 3.91. The van der Waals surface area contributed by atoms with E-state index in [9.17, 15) is 5.11 Å². The maximum Gasteiger partial charge on any atom is 0.0842 e. The van der Waals surface area contributed by atoms with Crippen molar-refractivity contribution in [2.75, 3.05) is 0 Å². The molecule has 0 aliphatic rings. The molecular weight excluding hydrogens is 337 g/mol. The Kier molecular flexibility index (Phi) is 4.62. The van der Waals surface area contributed by atoms with Crippen molar-refractivity contribution in [3.05, 3.63) is 62.3 Å². The van der Waals surface area contributed by atoms with Crippen molar-refractivity contribution in [1.82, 2.24) is 4.98 Å². The van der Waals surface area contributed by atoms with E-state index in [2.05, 4.69) is 20.9 Å². The first-order valence-electron chi connectivity index (χ1n) is 5.29. The quantitative estimate of drug-likeness (QED) is 0.891. The van der Waals surface area contributed by atoms with Gasteiger partial charge in [0.1, 0.15) is 0 Å². The number of aromatic nitrogens is 1. The molecule has 94 valence electrons. The Morgan fingerprint density at radius 1 is 1.28 bits per heavy atom. The highest BCUT2D eigenvalue weighted by molar-refractivity contribution is 9.10. The zero-order chi connectivity index (χ0) is 13.1. The van der Waals surface area contributed by atoms with Crippen molar-refractivity contribution < 1.29 is 5.11 Å². The van der Waals surface area contributed by atoms with Gasteiger partial charge in [0.05, 0.1) is 11.1 Å². The number of aliphatic hydroxyl groups is 1. The third-order valence-electron chi connectivity index (χ3n) is 2.59. The zero-order valence-corrected chi connectivity index (χ0v) is 12.4. The second kappa shape index (κ2) is 6.02. The van der Waals surface area contributed by atoms with Gasteiger partial charge >= 0.3 is 0 Å². The number of halogens is 3. The predicted molar refractivity (Wildman–Crippen MR) is 77.1 cm³/mol. The van der Waals surface area contributed by atoms with E-state index in [1.54, 1.807) is 30.6 Å². The molecule has 5 heteroatoms. The summed E-state index contributed by atoms with van der Waals surface area (Å²) in [6.07, 6.45) is 2.97. The van der Waals surface area contributed by atoms with Crippen LogP contribution in [0.25, 0.3) is 0 Å². The van der Waals surface area contributed by atoms with Gasteiger partial charge in [-0.25, -0.2) is 0 Å². The molecule has 0 fully saturated rings. The normalized spacial score (nSPS) is 12.4. The van der Waals surface area contributed by atoms with Crippen molar-refractivity contribution in [2.45, 2.75) is 12.5 Å². The van der Waals surface area contributed by atoms with Crippen LogP contribution in [0.2, 0.25) is 10.0 Å². The van der Waals surface area contributed by atoms with E-state index in [0.29, 0.717) is 16.5 Å². The molecule has 1 aromatic carbocycles. The van der Waals surface area contributed by atoms with Crippen LogP contribution in [0.4, 0.5) is 0 Å². The van der Waals surface area contributed by atoms with E-state index in [0.717, 1.165) is 15.6 Å². The Morgan fingerprint density at radius 3 is 2.78 bits per heavy atom. The van der Waals surface area contributed by atoms with Gasteiger partial charge in [-0.15, -0.1) is 0 Å². The average Bonchev–Trinajstić information content (AvgIpc) is 2.35. The molecule has 0 aliphatic carbocycles. The Morgan fingerprint density at radius 2 is 2.06 bits per heavy atom. The lowest BCUT2D eigenvalue weighted by Crippen LogP contribution is -2.03. The van der Waals surface area contributed by atoms with E-state index < -0.39 is 6.10 Å². The first kappa shape index (κ1) is 13.8. The molecule has 1 N–H and O–H groups in total. The minimum Gasteiger partial charge on any atom is -0.388 e. The van der Waals surface area contributed by atoms with Gasteiger partial charge in [0, 0.05) is 28.3 Å². The van der Waals surface area contributed by atoms with Gasteiger partial charge in [-0.1, -0.05) is 39.1 Å². The monoisotopic (exact) mass is 345 g/mol. The summed E-state index contributed by atoms with van der Waals surface area (Å²) in [5.74, 6) is 0. The summed E-state index contributed by atoms with van der Waals surface area (Å²) < 4.78 is 0.824. The second-order valence-electron chi connectivity index (χ2n) is 3.85. The largest absolute Gasteiger partial charge is 0.388 e. The Bertz CT molecular complexity index is 562. The lowest BCUT2D eigenvalue weighted by molar-refractivity contribution is 0.177. The van der Waals surface area contributed by atoms with Crippen molar-refractivity contribution in [3.8, 4) is 0 Å². The first-order valence-corrected chi connectivity index (χ1v) is 6.84. The number of hydrogen-bond acceptors (Lipinski definition) is 2. The molecule has 18 heavy (non-hydrogen) atoms. The van der Waals surface area contributed by atoms with Gasteiger partial charge in [0.25, 0.3) is 0 Å². The Hall–Kier alpha value is -0.610. The van der Waals surface area contributed by atoms with Crippen LogP contribution < -0.4 is 0 Å². The standard InChI is InChI=1S/C13H10BrCl2NO/c14-11-2-1-9(15)6-10(11)13(18)5-8-3-4-17-7-12(8)16/h1-4,6-7,13,18H,5H2. The number of rotatable bonds is 3. The molecule has 0 saturated carbocycles. The molecular formula is C13H10BrCl2NO. The average molecular weight is 347 g/mol. The molecule has 1 unspecified atom stereocenters. The highest BCUT2D eigenvalue weighted by atomic mass is 79.9. The van der Waals surface area contributed by atoms with Gasteiger partial charge in [0.2, 0.25) is 0 Å². The lowest BCUT2D eigenvalue weighted by atomic mass is 10.0. The molecule has 1 aromatic heterocycles. The highest BCUT2D eigenvalue weighted by Crippen LogP contribution is 2.30. The third-order valence-corrected chi connectivity index (χ3v) is 3.88. The molecule has 0 radical (unpaired) electrons. The van der Waals surface area contributed by atoms with E-state index in [4.69, 9.17) is 23.2 Å². The molecule has 0 bridgehead atoms. The minimum absolute atomic E-state index is 0.417. The topological polar surface area (TPSA) is 33.1 Å². The molecule has 0 aliphatic heterocycles. The summed E-state index contributed by atoms with van der Waals surface area (Å²) in [6, 6.07) is 7.12. The smallest absolute Gasteiger partial charge is 0.0842 e. The van der Waals surface area contributed by atoms with Crippen molar-refractivity contribution in [2.24, 2.45) is 0 Å². The predicted octanol–water partition coefficient (Wildman–Crippen LogP) is 4.43. The molecule has 1 heterocycles. The van der Waals surface area contributed by atoms with Gasteiger partial charge in [-0.2, -0.15) is 0 Å². The van der Waals surface area contributed by atoms with E-state index >= 15 is 0 Å². The van der Waals surface area contributed by atoms with Crippen LogP contribution >= 0.6 is 39.1 Å². The minimum atomic E-state index is -0.669. The van der Waals surface area contributed by atoms with Gasteiger partial charge in [0.15, 0.2) is 0 Å². The molecule has 0 spiro atoms. The van der Waals surface area contributed by atoms with Crippen LogP contribution in [0, 0.1) is 0 Å². The maximum atomic E-state index is 10.2. The van der Waals surface area contributed by atoms with Crippen LogP contribution in [0.1, 0.15) is 17.2 Å². The number of pyridine rings is 1. The molecule has 2 nitrogen and oxygen atoms in total. The SMILES string of the molecule is OC(Cc1ccncc1Cl)c1cc(Cl)ccc1Br. The number of nitrogens with zero attached hydrogens (tertiary/aromatic N) is 1. The van der Waals surface area contributed by atoms with E-state index in [1.165, 1.54) is 0 Å². The fraction of sp³-hybridized carbons (Fsp3) is 0.154. The van der Waals surface area contributed by atoms with Crippen LogP contribution in [-0.4, -0.2) is 10.1 Å². The summed E-state index contributed by atoms with van der Waals surface area (Å²) in [5, 5.41) is 11.4. The van der Waals surface area contributed by atoms with Crippen LogP contribution in [-0.2, 0) is 6.42 Å². The number of benzene rings is 1. The zero-order valence-electron chi connectivity index (χ0n) is 9.28. The number of aliphatic hydroxyl groups excluding tert-OH is 1. The summed E-state index contributed by atoms with van der Waals surface area (Å²) in [5.41, 5.74) is 1.60. The molecule has 2 aromatic rings. The van der Waals surface area contributed by atoms with Crippen LogP contribution in [0.3, 0.4) is 0 Å². The summed E-state index contributed by atoms with van der Waals surface area (Å²) in [7, 11) is 0. The van der Waals surface area contributed by atoms with Crippen LogP contribution in [0.15, 0.2) is 41.1 Å². The Balaban J connectivity index is 2.25. The van der Waals surface area contributed by atoms with Gasteiger partial charge in [-0.3, -0.25) is 4.98 Å². The lowest BCUT2D eigenvalue weighted by Gasteiger charge is -2.14.